The Hall–Kier alpha value is -1.50. The standard InChI is InChI=1S/C20H30N4OS/c26-20(21-11-6-12-24-13-15-25-16-14-24)23-22-19-10-5-4-9-18(19)17-7-2-1-3-8-17/h1-3,7-8,18H,4-6,9-16H2,(H2,21,23,26)/t18-/m1/s1. The predicted octanol–water partition coefficient (Wildman–Crippen LogP) is 2.89. The van der Waals surface area contributed by atoms with Crippen molar-refractivity contribution in [3.8, 4) is 0 Å². The topological polar surface area (TPSA) is 48.9 Å². The third kappa shape index (κ3) is 6.04. The van der Waals surface area contributed by atoms with Crippen LogP contribution in [0.15, 0.2) is 35.4 Å². The van der Waals surface area contributed by atoms with E-state index in [1.165, 1.54) is 30.5 Å². The number of thiocarbonyl (C=S) groups is 1. The summed E-state index contributed by atoms with van der Waals surface area (Å²) >= 11 is 5.38. The molecule has 3 rings (SSSR count). The van der Waals surface area contributed by atoms with Crippen LogP contribution in [-0.4, -0.2) is 55.1 Å². The van der Waals surface area contributed by atoms with Gasteiger partial charge in [-0.05, 0) is 50.0 Å². The molecule has 0 aromatic heterocycles. The van der Waals surface area contributed by atoms with Crippen LogP contribution in [0.25, 0.3) is 0 Å². The summed E-state index contributed by atoms with van der Waals surface area (Å²) in [5.41, 5.74) is 5.65. The van der Waals surface area contributed by atoms with Crippen molar-refractivity contribution in [2.75, 3.05) is 39.4 Å². The number of nitrogens with zero attached hydrogens (tertiary/aromatic N) is 2. The van der Waals surface area contributed by atoms with Crippen LogP contribution in [0.2, 0.25) is 0 Å². The second-order valence-electron chi connectivity index (χ2n) is 6.99. The summed E-state index contributed by atoms with van der Waals surface area (Å²) in [7, 11) is 0. The van der Waals surface area contributed by atoms with Crippen LogP contribution in [0.3, 0.4) is 0 Å². The zero-order valence-corrected chi connectivity index (χ0v) is 16.3. The molecule has 6 heteroatoms. The lowest BCUT2D eigenvalue weighted by Crippen LogP contribution is -2.39. The van der Waals surface area contributed by atoms with Gasteiger partial charge in [0.1, 0.15) is 0 Å². The van der Waals surface area contributed by atoms with Crippen molar-refractivity contribution in [2.45, 2.75) is 38.0 Å². The molecule has 1 aliphatic heterocycles. The molecule has 0 radical (unpaired) electrons. The summed E-state index contributed by atoms with van der Waals surface area (Å²) in [5.74, 6) is 0.418. The lowest BCUT2D eigenvalue weighted by atomic mass is 9.82. The minimum atomic E-state index is 0.418. The lowest BCUT2D eigenvalue weighted by Gasteiger charge is -2.26. The van der Waals surface area contributed by atoms with Gasteiger partial charge in [0.15, 0.2) is 5.11 Å². The number of hydrazone groups is 1. The van der Waals surface area contributed by atoms with E-state index in [1.807, 2.05) is 0 Å². The molecule has 1 aromatic carbocycles. The quantitative estimate of drug-likeness (QED) is 0.456. The number of benzene rings is 1. The van der Waals surface area contributed by atoms with E-state index >= 15 is 0 Å². The number of rotatable bonds is 6. The van der Waals surface area contributed by atoms with Crippen LogP contribution in [0.4, 0.5) is 0 Å². The van der Waals surface area contributed by atoms with Crippen LogP contribution >= 0.6 is 12.2 Å². The molecule has 142 valence electrons. The molecule has 1 atom stereocenters. The molecule has 1 aliphatic carbocycles. The largest absolute Gasteiger partial charge is 0.379 e. The van der Waals surface area contributed by atoms with Gasteiger partial charge in [-0.15, -0.1) is 0 Å². The fourth-order valence-electron chi connectivity index (χ4n) is 3.67. The van der Waals surface area contributed by atoms with Crippen LogP contribution < -0.4 is 10.7 Å². The molecule has 0 bridgehead atoms. The molecule has 1 saturated heterocycles. The van der Waals surface area contributed by atoms with E-state index in [-0.39, 0.29) is 0 Å². The zero-order chi connectivity index (χ0) is 18.0. The number of hydrogen-bond acceptors (Lipinski definition) is 4. The first-order valence-electron chi connectivity index (χ1n) is 9.78. The monoisotopic (exact) mass is 374 g/mol. The molecular formula is C20H30N4OS. The maximum absolute atomic E-state index is 5.38. The molecular weight excluding hydrogens is 344 g/mol. The predicted molar refractivity (Wildman–Crippen MR) is 111 cm³/mol. The Balaban J connectivity index is 1.41. The summed E-state index contributed by atoms with van der Waals surface area (Å²) in [6, 6.07) is 10.7. The van der Waals surface area contributed by atoms with Crippen molar-refractivity contribution < 1.29 is 4.74 Å². The van der Waals surface area contributed by atoms with Crippen molar-refractivity contribution in [1.29, 1.82) is 0 Å². The number of nitrogens with one attached hydrogen (secondary N) is 2. The highest BCUT2D eigenvalue weighted by molar-refractivity contribution is 7.80. The Morgan fingerprint density at radius 1 is 1.19 bits per heavy atom. The highest BCUT2D eigenvalue weighted by atomic mass is 32.1. The molecule has 0 spiro atoms. The van der Waals surface area contributed by atoms with E-state index in [4.69, 9.17) is 17.0 Å². The highest BCUT2D eigenvalue weighted by Crippen LogP contribution is 2.30. The molecule has 2 N–H and O–H groups in total. The van der Waals surface area contributed by atoms with Gasteiger partial charge in [0.05, 0.1) is 13.2 Å². The van der Waals surface area contributed by atoms with E-state index in [9.17, 15) is 0 Å². The van der Waals surface area contributed by atoms with E-state index in [0.717, 1.165) is 52.2 Å². The number of hydrogen-bond donors (Lipinski definition) is 2. The maximum atomic E-state index is 5.38. The zero-order valence-electron chi connectivity index (χ0n) is 15.5. The van der Waals surface area contributed by atoms with Gasteiger partial charge in [0.2, 0.25) is 0 Å². The molecule has 1 aromatic rings. The van der Waals surface area contributed by atoms with Crippen molar-refractivity contribution in [3.05, 3.63) is 35.9 Å². The SMILES string of the molecule is S=C(NCCCN1CCOCC1)NN=C1CCCC[C@@H]1c1ccccc1. The molecule has 26 heavy (non-hydrogen) atoms. The number of ether oxygens (including phenoxy) is 1. The lowest BCUT2D eigenvalue weighted by molar-refractivity contribution is 0.0376. The van der Waals surface area contributed by atoms with Gasteiger partial charge in [0, 0.05) is 31.3 Å². The molecule has 2 aliphatic rings. The molecule has 0 unspecified atom stereocenters. The van der Waals surface area contributed by atoms with Gasteiger partial charge in [-0.3, -0.25) is 10.3 Å². The van der Waals surface area contributed by atoms with Crippen LogP contribution in [-0.2, 0) is 4.74 Å². The normalized spacial score (nSPS) is 22.9. The van der Waals surface area contributed by atoms with Crippen LogP contribution in [0.5, 0.6) is 0 Å². The summed E-state index contributed by atoms with van der Waals surface area (Å²) in [6.45, 7) is 5.75. The minimum Gasteiger partial charge on any atom is -0.379 e. The average Bonchev–Trinajstić information content (AvgIpc) is 2.71. The Morgan fingerprint density at radius 3 is 2.81 bits per heavy atom. The first-order chi connectivity index (χ1) is 12.8. The first-order valence-corrected chi connectivity index (χ1v) is 10.2. The van der Waals surface area contributed by atoms with Crippen molar-refractivity contribution in [1.82, 2.24) is 15.6 Å². The fourth-order valence-corrected chi connectivity index (χ4v) is 3.81. The number of morpholine rings is 1. The molecule has 1 saturated carbocycles. The third-order valence-electron chi connectivity index (χ3n) is 5.12. The molecule has 1 heterocycles. The highest BCUT2D eigenvalue weighted by Gasteiger charge is 2.22. The molecule has 5 nitrogen and oxygen atoms in total. The van der Waals surface area contributed by atoms with Crippen LogP contribution in [0.1, 0.15) is 43.6 Å². The Bertz CT molecular complexity index is 587. The maximum Gasteiger partial charge on any atom is 0.186 e. The van der Waals surface area contributed by atoms with E-state index in [0.29, 0.717) is 11.0 Å². The second-order valence-corrected chi connectivity index (χ2v) is 7.40. The average molecular weight is 375 g/mol. The Kier molecular flexibility index (Phi) is 7.86. The summed E-state index contributed by atoms with van der Waals surface area (Å²) in [5, 5.41) is 8.54. The molecule has 0 amide bonds. The molecule has 2 fully saturated rings. The van der Waals surface area contributed by atoms with Crippen molar-refractivity contribution in [2.24, 2.45) is 5.10 Å². The summed E-state index contributed by atoms with van der Waals surface area (Å²) in [4.78, 5) is 2.44. The van der Waals surface area contributed by atoms with Gasteiger partial charge < -0.3 is 10.1 Å². The van der Waals surface area contributed by atoms with Gasteiger partial charge in [0.25, 0.3) is 0 Å². The Morgan fingerprint density at radius 2 is 2.00 bits per heavy atom. The fraction of sp³-hybridized carbons (Fsp3) is 0.600. The second kappa shape index (κ2) is 10.6. The minimum absolute atomic E-state index is 0.418. The van der Waals surface area contributed by atoms with Crippen molar-refractivity contribution in [3.63, 3.8) is 0 Å². The van der Waals surface area contributed by atoms with Crippen LogP contribution in [0, 0.1) is 0 Å². The van der Waals surface area contributed by atoms with E-state index in [1.54, 1.807) is 0 Å². The van der Waals surface area contributed by atoms with E-state index < -0.39 is 0 Å². The smallest absolute Gasteiger partial charge is 0.186 e. The Labute approximate surface area is 162 Å². The van der Waals surface area contributed by atoms with Gasteiger partial charge in [-0.25, -0.2) is 0 Å². The van der Waals surface area contributed by atoms with Crippen molar-refractivity contribution >= 4 is 23.0 Å². The third-order valence-corrected chi connectivity index (χ3v) is 5.36. The van der Waals surface area contributed by atoms with E-state index in [2.05, 4.69) is 51.1 Å². The van der Waals surface area contributed by atoms with Gasteiger partial charge in [-0.2, -0.15) is 5.10 Å². The summed E-state index contributed by atoms with van der Waals surface area (Å²) in [6.07, 6.45) is 5.77. The van der Waals surface area contributed by atoms with Gasteiger partial charge >= 0.3 is 0 Å². The first kappa shape index (κ1) is 19.3. The summed E-state index contributed by atoms with van der Waals surface area (Å²) < 4.78 is 5.37. The van der Waals surface area contributed by atoms with Gasteiger partial charge in [-0.1, -0.05) is 36.8 Å².